The molecule has 2 saturated carbocycles. The van der Waals surface area contributed by atoms with Gasteiger partial charge < -0.3 is 19.9 Å². The van der Waals surface area contributed by atoms with Crippen LogP contribution in [0.15, 0.2) is 46.2 Å². The van der Waals surface area contributed by atoms with Crippen molar-refractivity contribution < 1.29 is 27.1 Å². The summed E-state index contributed by atoms with van der Waals surface area (Å²) >= 11 is 0. The Hall–Kier alpha value is -2.79. The molecule has 1 unspecified atom stereocenters. The normalized spacial score (nSPS) is 22.3. The van der Waals surface area contributed by atoms with Gasteiger partial charge in [0.1, 0.15) is 5.69 Å². The summed E-state index contributed by atoms with van der Waals surface area (Å²) in [4.78, 5) is 28.6. The van der Waals surface area contributed by atoms with Crippen molar-refractivity contribution in [2.24, 2.45) is 5.41 Å². The largest absolute Gasteiger partial charge is 0.395 e. The number of anilines is 2. The summed E-state index contributed by atoms with van der Waals surface area (Å²) in [5.74, 6) is -3.84. The molecule has 5 rings (SSSR count). The molecule has 1 aromatic carbocycles. The molecule has 0 bridgehead atoms. The Balaban J connectivity index is 1.44. The molecule has 1 atom stereocenters. The number of carbonyl (C=O) groups is 1. The maximum atomic E-state index is 14.0. The van der Waals surface area contributed by atoms with E-state index in [0.29, 0.717) is 37.0 Å². The van der Waals surface area contributed by atoms with Gasteiger partial charge in [0.25, 0.3) is 11.5 Å². The molecule has 8 nitrogen and oxygen atoms in total. The van der Waals surface area contributed by atoms with E-state index in [4.69, 9.17) is 0 Å². The summed E-state index contributed by atoms with van der Waals surface area (Å²) in [6, 6.07) is 6.57. The molecule has 2 heterocycles. The molecule has 0 radical (unpaired) electrons. The molecule has 38 heavy (non-hydrogen) atoms. The van der Waals surface area contributed by atoms with E-state index in [2.05, 4.69) is 5.32 Å². The minimum absolute atomic E-state index is 0.0186. The molecule has 206 valence electrons. The molecule has 1 saturated heterocycles. The maximum Gasteiger partial charge on any atom is 0.274 e. The Morgan fingerprint density at radius 1 is 1.11 bits per heavy atom. The number of aromatic nitrogens is 1. The second-order valence-corrected chi connectivity index (χ2v) is 13.0. The number of aliphatic hydroxyl groups is 1. The van der Waals surface area contributed by atoms with E-state index in [-0.39, 0.29) is 22.6 Å². The van der Waals surface area contributed by atoms with Crippen LogP contribution in [0.2, 0.25) is 0 Å². The molecular weight excluding hydrogens is 516 g/mol. The Morgan fingerprint density at radius 2 is 1.84 bits per heavy atom. The molecule has 2 N–H and O–H groups in total. The number of carbonyl (C=O) groups excluding carboxylic acids is 1. The summed E-state index contributed by atoms with van der Waals surface area (Å²) in [5.41, 5.74) is 0.467. The highest BCUT2D eigenvalue weighted by Crippen LogP contribution is 2.54. The number of alkyl halides is 2. The van der Waals surface area contributed by atoms with Crippen LogP contribution in [0, 0.1) is 5.41 Å². The van der Waals surface area contributed by atoms with Crippen LogP contribution < -0.4 is 15.8 Å². The first-order chi connectivity index (χ1) is 18.0. The molecular formula is C27H33F2N3O5S. The average Bonchev–Trinajstić information content (AvgIpc) is 3.63. The number of pyridine rings is 1. The van der Waals surface area contributed by atoms with Gasteiger partial charge in [0.15, 0.2) is 9.84 Å². The predicted molar refractivity (Wildman–Crippen MR) is 140 cm³/mol. The lowest BCUT2D eigenvalue weighted by molar-refractivity contribution is -0.0500. The lowest BCUT2D eigenvalue weighted by Crippen LogP contribution is -2.36. The highest BCUT2D eigenvalue weighted by atomic mass is 32.2. The topological polar surface area (TPSA) is 109 Å². The number of nitrogens with one attached hydrogen (secondary N) is 1. The van der Waals surface area contributed by atoms with Gasteiger partial charge in [-0.2, -0.15) is 0 Å². The van der Waals surface area contributed by atoms with Gasteiger partial charge in [-0.05, 0) is 74.3 Å². The number of hydrogen-bond acceptors (Lipinski definition) is 6. The van der Waals surface area contributed by atoms with Crippen molar-refractivity contribution in [3.63, 3.8) is 0 Å². The van der Waals surface area contributed by atoms with Gasteiger partial charge in [0.2, 0.25) is 5.92 Å². The zero-order valence-electron chi connectivity index (χ0n) is 21.2. The lowest BCUT2D eigenvalue weighted by atomic mass is 9.92. The highest BCUT2D eigenvalue weighted by molar-refractivity contribution is 7.91. The van der Waals surface area contributed by atoms with Crippen molar-refractivity contribution in [1.29, 1.82) is 0 Å². The zero-order chi connectivity index (χ0) is 27.1. The van der Waals surface area contributed by atoms with Gasteiger partial charge in [-0.1, -0.05) is 0 Å². The molecule has 2 aliphatic carbocycles. The molecule has 1 amide bonds. The molecule has 2 aromatic rings. The standard InChI is InChI=1S/C27H33F2N3O5S/c28-27(29)7-1-3-19(18-27)32-12-2-4-22(25(32)35)30-24(34)21-6-5-20(38(36,37)16-15-33)17-23(21)31-13-10-26(8-9-26)11-14-31/h2,4-6,12,17,19,33H,1,3,7-11,13-16,18H2,(H,30,34). The first kappa shape index (κ1) is 26.8. The predicted octanol–water partition coefficient (Wildman–Crippen LogP) is 4.00. The van der Waals surface area contributed by atoms with Gasteiger partial charge in [-0.25, -0.2) is 17.2 Å². The summed E-state index contributed by atoms with van der Waals surface area (Å²) < 4.78 is 54.6. The first-order valence-electron chi connectivity index (χ1n) is 13.2. The lowest BCUT2D eigenvalue weighted by Gasteiger charge is -2.35. The summed E-state index contributed by atoms with van der Waals surface area (Å²) in [5, 5.41) is 11.8. The number of hydrogen-bond donors (Lipinski definition) is 2. The van der Waals surface area contributed by atoms with Gasteiger partial charge in [-0.3, -0.25) is 9.59 Å². The quantitative estimate of drug-likeness (QED) is 0.541. The fourth-order valence-electron chi connectivity index (χ4n) is 5.76. The summed E-state index contributed by atoms with van der Waals surface area (Å²) in [6.07, 6.45) is 5.91. The fourth-order valence-corrected chi connectivity index (χ4v) is 6.80. The molecule has 1 spiro atoms. The highest BCUT2D eigenvalue weighted by Gasteiger charge is 2.45. The minimum atomic E-state index is -3.74. The van der Waals surface area contributed by atoms with Crippen molar-refractivity contribution in [3.05, 3.63) is 52.4 Å². The number of amides is 1. The van der Waals surface area contributed by atoms with Gasteiger partial charge in [0, 0.05) is 38.2 Å². The van der Waals surface area contributed by atoms with Crippen molar-refractivity contribution >= 4 is 27.1 Å². The minimum Gasteiger partial charge on any atom is -0.395 e. The van der Waals surface area contributed by atoms with E-state index < -0.39 is 52.0 Å². The maximum absolute atomic E-state index is 14.0. The monoisotopic (exact) mass is 549 g/mol. The third kappa shape index (κ3) is 5.49. The van der Waals surface area contributed by atoms with Crippen LogP contribution in [0.4, 0.5) is 20.2 Å². The van der Waals surface area contributed by atoms with Crippen LogP contribution in [0.3, 0.4) is 0 Å². The number of rotatable bonds is 7. The van der Waals surface area contributed by atoms with Crippen LogP contribution in [0.5, 0.6) is 0 Å². The Labute approximate surface area is 220 Å². The van der Waals surface area contributed by atoms with Gasteiger partial charge >= 0.3 is 0 Å². The molecule has 3 fully saturated rings. The van der Waals surface area contributed by atoms with E-state index >= 15 is 0 Å². The second-order valence-electron chi connectivity index (χ2n) is 10.9. The van der Waals surface area contributed by atoms with Crippen molar-refractivity contribution in [2.75, 3.05) is 35.7 Å². The van der Waals surface area contributed by atoms with Crippen LogP contribution in [-0.2, 0) is 9.84 Å². The van der Waals surface area contributed by atoms with Crippen molar-refractivity contribution in [2.45, 2.75) is 68.2 Å². The van der Waals surface area contributed by atoms with Gasteiger partial charge in [0.05, 0.1) is 28.5 Å². The average molecular weight is 550 g/mol. The zero-order valence-corrected chi connectivity index (χ0v) is 22.0. The van der Waals surface area contributed by atoms with Crippen LogP contribution in [0.25, 0.3) is 0 Å². The van der Waals surface area contributed by atoms with Crippen LogP contribution in [0.1, 0.15) is 67.8 Å². The number of nitrogens with zero attached hydrogens (tertiary/aromatic N) is 2. The van der Waals surface area contributed by atoms with E-state index in [1.54, 1.807) is 6.07 Å². The first-order valence-corrected chi connectivity index (χ1v) is 14.8. The Morgan fingerprint density at radius 3 is 2.50 bits per heavy atom. The Bertz CT molecular complexity index is 1380. The van der Waals surface area contributed by atoms with Crippen molar-refractivity contribution in [3.8, 4) is 0 Å². The van der Waals surface area contributed by atoms with E-state index in [1.165, 1.54) is 47.9 Å². The summed E-state index contributed by atoms with van der Waals surface area (Å²) in [6.45, 7) is 0.842. The smallest absolute Gasteiger partial charge is 0.274 e. The second kappa shape index (κ2) is 10.1. The number of benzene rings is 1. The van der Waals surface area contributed by atoms with Crippen LogP contribution >= 0.6 is 0 Å². The van der Waals surface area contributed by atoms with Crippen LogP contribution in [-0.4, -0.2) is 55.4 Å². The van der Waals surface area contributed by atoms with E-state index in [9.17, 15) is 31.9 Å². The summed E-state index contributed by atoms with van der Waals surface area (Å²) in [7, 11) is -3.74. The molecule has 1 aliphatic heterocycles. The third-order valence-corrected chi connectivity index (χ3v) is 9.98. The van der Waals surface area contributed by atoms with Gasteiger partial charge in [-0.15, -0.1) is 0 Å². The third-order valence-electron chi connectivity index (χ3n) is 8.29. The van der Waals surface area contributed by atoms with Crippen molar-refractivity contribution in [1.82, 2.24) is 4.57 Å². The number of aliphatic hydroxyl groups excluding tert-OH is 1. The number of halogens is 2. The Kier molecular flexibility index (Phi) is 7.10. The molecule has 1 aromatic heterocycles. The number of sulfone groups is 1. The fraction of sp³-hybridized carbons (Fsp3) is 0.556. The van der Waals surface area contributed by atoms with E-state index in [0.717, 1.165) is 12.8 Å². The molecule has 3 aliphatic rings. The number of piperidine rings is 1. The van der Waals surface area contributed by atoms with E-state index in [1.807, 2.05) is 4.90 Å². The molecule has 11 heteroatoms. The SMILES string of the molecule is O=C(Nc1cccn(C2CCCC(F)(F)C2)c1=O)c1ccc(S(=O)(=O)CCO)cc1N1CCC2(CC1)CC2.